The SMILES string of the molecule is CCc1cc(CNCC(C)(C)CCl)n(CC)n1. The number of alkyl halides is 1. The molecule has 1 rings (SSSR count). The molecule has 0 radical (unpaired) electrons. The van der Waals surface area contributed by atoms with Gasteiger partial charge in [-0.15, -0.1) is 11.6 Å². The number of hydrogen-bond donors (Lipinski definition) is 1. The monoisotopic (exact) mass is 257 g/mol. The molecule has 0 unspecified atom stereocenters. The van der Waals surface area contributed by atoms with Gasteiger partial charge in [-0.1, -0.05) is 20.8 Å². The second-order valence-electron chi connectivity index (χ2n) is 5.20. The Bertz CT molecular complexity index is 344. The zero-order chi connectivity index (χ0) is 12.9. The molecule has 3 nitrogen and oxygen atoms in total. The molecule has 0 spiro atoms. The molecule has 0 aliphatic rings. The molecule has 0 saturated carbocycles. The van der Waals surface area contributed by atoms with Gasteiger partial charge >= 0.3 is 0 Å². The molecule has 0 saturated heterocycles. The highest BCUT2D eigenvalue weighted by molar-refractivity contribution is 6.18. The molecular formula is C13H24ClN3. The van der Waals surface area contributed by atoms with Gasteiger partial charge in [0.1, 0.15) is 0 Å². The van der Waals surface area contributed by atoms with Crippen molar-refractivity contribution >= 4 is 11.6 Å². The van der Waals surface area contributed by atoms with Crippen LogP contribution in [0.1, 0.15) is 39.1 Å². The first-order valence-corrected chi connectivity index (χ1v) is 6.88. The number of aromatic nitrogens is 2. The quantitative estimate of drug-likeness (QED) is 0.762. The number of nitrogens with zero attached hydrogens (tertiary/aromatic N) is 2. The third-order valence-corrected chi connectivity index (χ3v) is 3.57. The van der Waals surface area contributed by atoms with Crippen molar-refractivity contribution < 1.29 is 0 Å². The molecule has 0 atom stereocenters. The number of hydrogen-bond acceptors (Lipinski definition) is 2. The van der Waals surface area contributed by atoms with Gasteiger partial charge in [0.05, 0.1) is 11.4 Å². The summed E-state index contributed by atoms with van der Waals surface area (Å²) in [6, 6.07) is 2.18. The van der Waals surface area contributed by atoms with E-state index < -0.39 is 0 Å². The second kappa shape index (κ2) is 6.41. The Morgan fingerprint density at radius 3 is 2.65 bits per heavy atom. The van der Waals surface area contributed by atoms with Crippen molar-refractivity contribution in [1.29, 1.82) is 0 Å². The zero-order valence-electron chi connectivity index (χ0n) is 11.4. The summed E-state index contributed by atoms with van der Waals surface area (Å²) in [5.41, 5.74) is 2.57. The molecule has 17 heavy (non-hydrogen) atoms. The molecule has 0 bridgehead atoms. The fourth-order valence-electron chi connectivity index (χ4n) is 1.68. The zero-order valence-corrected chi connectivity index (χ0v) is 12.1. The van der Waals surface area contributed by atoms with E-state index in [0.717, 1.165) is 26.1 Å². The minimum Gasteiger partial charge on any atom is -0.311 e. The van der Waals surface area contributed by atoms with Crippen LogP contribution in [0.15, 0.2) is 6.07 Å². The van der Waals surface area contributed by atoms with E-state index in [2.05, 4.69) is 48.9 Å². The highest BCUT2D eigenvalue weighted by atomic mass is 35.5. The summed E-state index contributed by atoms with van der Waals surface area (Å²) in [7, 11) is 0. The Kier molecular flexibility index (Phi) is 5.47. The predicted molar refractivity (Wildman–Crippen MR) is 73.5 cm³/mol. The van der Waals surface area contributed by atoms with Crippen LogP contribution in [-0.4, -0.2) is 22.2 Å². The Morgan fingerprint density at radius 1 is 1.41 bits per heavy atom. The third-order valence-electron chi connectivity index (χ3n) is 2.85. The van der Waals surface area contributed by atoms with E-state index in [9.17, 15) is 0 Å². The van der Waals surface area contributed by atoms with Crippen LogP contribution < -0.4 is 5.32 Å². The van der Waals surface area contributed by atoms with Crippen LogP contribution in [0, 0.1) is 5.41 Å². The predicted octanol–water partition coefficient (Wildman–Crippen LogP) is 2.82. The van der Waals surface area contributed by atoms with Gasteiger partial charge in [-0.25, -0.2) is 0 Å². The Labute approximate surface area is 110 Å². The van der Waals surface area contributed by atoms with E-state index in [4.69, 9.17) is 11.6 Å². The van der Waals surface area contributed by atoms with Crippen molar-refractivity contribution in [1.82, 2.24) is 15.1 Å². The summed E-state index contributed by atoms with van der Waals surface area (Å²) in [5, 5.41) is 7.99. The summed E-state index contributed by atoms with van der Waals surface area (Å²) in [6.07, 6.45) is 0.993. The maximum Gasteiger partial charge on any atom is 0.0625 e. The van der Waals surface area contributed by atoms with Crippen molar-refractivity contribution in [2.75, 3.05) is 12.4 Å². The molecular weight excluding hydrogens is 234 g/mol. The summed E-state index contributed by atoms with van der Waals surface area (Å²) >= 11 is 5.90. The first kappa shape index (κ1) is 14.5. The van der Waals surface area contributed by atoms with E-state index in [1.807, 2.05) is 0 Å². The molecule has 0 aliphatic carbocycles. The van der Waals surface area contributed by atoms with Crippen LogP contribution in [0.4, 0.5) is 0 Å². The highest BCUT2D eigenvalue weighted by Gasteiger charge is 2.16. The first-order valence-electron chi connectivity index (χ1n) is 6.34. The lowest BCUT2D eigenvalue weighted by Crippen LogP contribution is -2.31. The lowest BCUT2D eigenvalue weighted by atomic mass is 9.96. The van der Waals surface area contributed by atoms with Gasteiger partial charge in [-0.2, -0.15) is 5.10 Å². The van der Waals surface area contributed by atoms with Crippen molar-refractivity contribution in [2.45, 2.75) is 47.2 Å². The fraction of sp³-hybridized carbons (Fsp3) is 0.769. The topological polar surface area (TPSA) is 29.9 Å². The van der Waals surface area contributed by atoms with Crippen molar-refractivity contribution in [3.63, 3.8) is 0 Å². The van der Waals surface area contributed by atoms with Crippen LogP contribution in [-0.2, 0) is 19.5 Å². The molecule has 1 N–H and O–H groups in total. The van der Waals surface area contributed by atoms with Gasteiger partial charge in [-0.3, -0.25) is 4.68 Å². The largest absolute Gasteiger partial charge is 0.311 e. The summed E-state index contributed by atoms with van der Waals surface area (Å²) in [5.74, 6) is 0.674. The number of nitrogens with one attached hydrogen (secondary N) is 1. The van der Waals surface area contributed by atoms with E-state index >= 15 is 0 Å². The molecule has 0 fully saturated rings. The van der Waals surface area contributed by atoms with Crippen LogP contribution in [0.5, 0.6) is 0 Å². The van der Waals surface area contributed by atoms with Crippen molar-refractivity contribution in [2.24, 2.45) is 5.41 Å². The van der Waals surface area contributed by atoms with Crippen LogP contribution in [0.2, 0.25) is 0 Å². The Hall–Kier alpha value is -0.540. The van der Waals surface area contributed by atoms with Crippen LogP contribution >= 0.6 is 11.6 Å². The molecule has 4 heteroatoms. The van der Waals surface area contributed by atoms with Gasteiger partial charge < -0.3 is 5.32 Å². The van der Waals surface area contributed by atoms with Crippen molar-refractivity contribution in [3.05, 3.63) is 17.5 Å². The molecule has 98 valence electrons. The minimum atomic E-state index is 0.145. The average Bonchev–Trinajstić information content (AvgIpc) is 2.71. The maximum atomic E-state index is 5.90. The molecule has 1 heterocycles. The Morgan fingerprint density at radius 2 is 2.12 bits per heavy atom. The lowest BCUT2D eigenvalue weighted by Gasteiger charge is -2.21. The molecule has 1 aromatic heterocycles. The maximum absolute atomic E-state index is 5.90. The lowest BCUT2D eigenvalue weighted by molar-refractivity contribution is 0.381. The Balaban J connectivity index is 2.54. The van der Waals surface area contributed by atoms with Gasteiger partial charge in [0.2, 0.25) is 0 Å². The number of aryl methyl sites for hydroxylation is 2. The van der Waals surface area contributed by atoms with E-state index in [0.29, 0.717) is 5.88 Å². The van der Waals surface area contributed by atoms with Gasteiger partial charge in [0.15, 0.2) is 0 Å². The fourth-order valence-corrected chi connectivity index (χ4v) is 1.77. The van der Waals surface area contributed by atoms with E-state index in [1.54, 1.807) is 0 Å². The summed E-state index contributed by atoms with van der Waals surface area (Å²) in [6.45, 7) is 11.3. The van der Waals surface area contributed by atoms with Crippen LogP contribution in [0.3, 0.4) is 0 Å². The average molecular weight is 258 g/mol. The third kappa shape index (κ3) is 4.32. The second-order valence-corrected chi connectivity index (χ2v) is 5.46. The van der Waals surface area contributed by atoms with Crippen molar-refractivity contribution in [3.8, 4) is 0 Å². The standard InChI is InChI=1S/C13H24ClN3/c1-5-11-7-12(17(6-2)16-11)8-15-10-13(3,4)9-14/h7,15H,5-6,8-10H2,1-4H3. The highest BCUT2D eigenvalue weighted by Crippen LogP contribution is 2.15. The first-order chi connectivity index (χ1) is 8.02. The normalized spacial score (nSPS) is 12.1. The summed E-state index contributed by atoms with van der Waals surface area (Å²) < 4.78 is 2.07. The smallest absolute Gasteiger partial charge is 0.0625 e. The minimum absolute atomic E-state index is 0.145. The number of halogens is 1. The van der Waals surface area contributed by atoms with Gasteiger partial charge in [0.25, 0.3) is 0 Å². The van der Waals surface area contributed by atoms with E-state index in [1.165, 1.54) is 11.4 Å². The number of rotatable bonds is 7. The molecule has 0 aromatic carbocycles. The molecule has 1 aromatic rings. The summed E-state index contributed by atoms with van der Waals surface area (Å²) in [4.78, 5) is 0. The molecule has 0 aliphatic heterocycles. The van der Waals surface area contributed by atoms with Crippen LogP contribution in [0.25, 0.3) is 0 Å². The molecule has 0 amide bonds. The van der Waals surface area contributed by atoms with Gasteiger partial charge in [-0.05, 0) is 24.8 Å². The van der Waals surface area contributed by atoms with E-state index in [-0.39, 0.29) is 5.41 Å². The van der Waals surface area contributed by atoms with Gasteiger partial charge in [0, 0.05) is 25.5 Å².